The molecule has 30 heavy (non-hydrogen) atoms. The van der Waals surface area contributed by atoms with E-state index in [1.807, 2.05) is 18.2 Å². The number of ether oxygens (including phenoxy) is 1. The third-order valence-electron chi connectivity index (χ3n) is 5.12. The molecule has 3 aromatic rings. The summed E-state index contributed by atoms with van der Waals surface area (Å²) in [5.74, 6) is -1.76. The van der Waals surface area contributed by atoms with Crippen molar-refractivity contribution in [2.24, 2.45) is 0 Å². The average Bonchev–Trinajstić information content (AvgIpc) is 2.76. The van der Waals surface area contributed by atoms with Gasteiger partial charge in [-0.05, 0) is 58.1 Å². The Bertz CT molecular complexity index is 1070. The summed E-state index contributed by atoms with van der Waals surface area (Å²) in [6, 6.07) is 15.1. The second-order valence-corrected chi connectivity index (χ2v) is 7.85. The highest BCUT2D eigenvalue weighted by Gasteiger charge is 2.37. The monoisotopic (exact) mass is 475 g/mol. The van der Waals surface area contributed by atoms with Crippen LogP contribution in [-0.4, -0.2) is 6.09 Å². The number of carbonyl (C=O) groups is 1. The molecule has 7 heteroatoms. The van der Waals surface area contributed by atoms with Crippen molar-refractivity contribution in [2.45, 2.75) is 25.5 Å². The molecular formula is C23H17BrF3NO2. The molecule has 0 saturated carbocycles. The zero-order valence-corrected chi connectivity index (χ0v) is 17.3. The lowest BCUT2D eigenvalue weighted by molar-refractivity contribution is 0.143. The number of anilines is 1. The topological polar surface area (TPSA) is 29.5 Å². The number of amides is 1. The quantitative estimate of drug-likeness (QED) is 0.394. The minimum absolute atomic E-state index is 0.00316. The lowest BCUT2D eigenvalue weighted by Crippen LogP contribution is -2.40. The zero-order valence-electron chi connectivity index (χ0n) is 15.7. The van der Waals surface area contributed by atoms with Gasteiger partial charge in [-0.2, -0.15) is 0 Å². The number of hydrogen-bond acceptors (Lipinski definition) is 2. The summed E-state index contributed by atoms with van der Waals surface area (Å²) in [4.78, 5) is 14.2. The highest BCUT2D eigenvalue weighted by molar-refractivity contribution is 9.10. The van der Waals surface area contributed by atoms with Crippen LogP contribution in [0.5, 0.6) is 0 Å². The Morgan fingerprint density at radius 3 is 2.47 bits per heavy atom. The summed E-state index contributed by atoms with van der Waals surface area (Å²) in [7, 11) is 0. The van der Waals surface area contributed by atoms with Crippen LogP contribution in [0.2, 0.25) is 0 Å². The van der Waals surface area contributed by atoms with Crippen molar-refractivity contribution in [3.05, 3.63) is 99.3 Å². The highest BCUT2D eigenvalue weighted by atomic mass is 79.9. The van der Waals surface area contributed by atoms with E-state index in [0.717, 1.165) is 16.5 Å². The highest BCUT2D eigenvalue weighted by Crippen LogP contribution is 2.43. The molecule has 0 bridgehead atoms. The first-order valence-electron chi connectivity index (χ1n) is 9.37. The van der Waals surface area contributed by atoms with Gasteiger partial charge in [0.05, 0.1) is 16.2 Å². The Kier molecular flexibility index (Phi) is 5.81. The van der Waals surface area contributed by atoms with E-state index >= 15 is 0 Å². The van der Waals surface area contributed by atoms with E-state index in [1.165, 1.54) is 24.3 Å². The molecule has 4 rings (SSSR count). The van der Waals surface area contributed by atoms with Crippen molar-refractivity contribution >= 4 is 27.7 Å². The molecule has 1 heterocycles. The van der Waals surface area contributed by atoms with Crippen LogP contribution in [0.3, 0.4) is 0 Å². The summed E-state index contributed by atoms with van der Waals surface area (Å²) >= 11 is 3.02. The molecule has 0 N–H and O–H groups in total. The second kappa shape index (κ2) is 8.52. The maximum Gasteiger partial charge on any atom is 0.415 e. The van der Waals surface area contributed by atoms with Gasteiger partial charge in [0.2, 0.25) is 0 Å². The molecular weight excluding hydrogens is 459 g/mol. The first-order valence-corrected chi connectivity index (χ1v) is 10.2. The Morgan fingerprint density at radius 2 is 1.77 bits per heavy atom. The van der Waals surface area contributed by atoms with E-state index in [-0.39, 0.29) is 28.8 Å². The normalized spacial score (nSPS) is 15.6. The number of hydrogen-bond donors (Lipinski definition) is 0. The maximum absolute atomic E-state index is 14.9. The molecule has 1 unspecified atom stereocenters. The third-order valence-corrected chi connectivity index (χ3v) is 5.69. The van der Waals surface area contributed by atoms with Crippen molar-refractivity contribution in [3.8, 4) is 0 Å². The number of benzene rings is 3. The maximum atomic E-state index is 14.9. The Labute approximate surface area is 180 Å². The van der Waals surface area contributed by atoms with Gasteiger partial charge in [-0.15, -0.1) is 0 Å². The largest absolute Gasteiger partial charge is 0.444 e. The first kappa shape index (κ1) is 20.5. The number of fused-ring (bicyclic) bond motifs is 1. The van der Waals surface area contributed by atoms with Gasteiger partial charge in [-0.25, -0.2) is 18.0 Å². The van der Waals surface area contributed by atoms with Gasteiger partial charge in [0.25, 0.3) is 0 Å². The number of nitrogens with zero attached hydrogens (tertiary/aromatic N) is 1. The molecule has 0 saturated heterocycles. The predicted molar refractivity (Wildman–Crippen MR) is 111 cm³/mol. The van der Waals surface area contributed by atoms with Gasteiger partial charge in [0, 0.05) is 5.56 Å². The lowest BCUT2D eigenvalue weighted by Gasteiger charge is -2.37. The summed E-state index contributed by atoms with van der Waals surface area (Å²) in [5.41, 5.74) is 1.34. The standard InChI is InChI=1S/C23H17BrF3NO2/c24-18-12-19(26)22-17(21(18)27)10-11-20(15-6-8-16(25)9-7-15)28(22)23(29)30-13-14-4-2-1-3-5-14/h1-9,12,20H,10-11,13H2. The summed E-state index contributed by atoms with van der Waals surface area (Å²) in [6.45, 7) is -0.0116. The van der Waals surface area contributed by atoms with Gasteiger partial charge >= 0.3 is 6.09 Å². The fraction of sp³-hybridized carbons (Fsp3) is 0.174. The Balaban J connectivity index is 1.73. The van der Waals surface area contributed by atoms with Crippen LogP contribution < -0.4 is 4.90 Å². The molecule has 0 radical (unpaired) electrons. The van der Waals surface area contributed by atoms with Gasteiger partial charge in [-0.1, -0.05) is 42.5 Å². The molecule has 0 fully saturated rings. The van der Waals surface area contributed by atoms with Crippen molar-refractivity contribution in [1.29, 1.82) is 0 Å². The van der Waals surface area contributed by atoms with Gasteiger partial charge in [-0.3, -0.25) is 4.90 Å². The van der Waals surface area contributed by atoms with Crippen LogP contribution in [0.1, 0.15) is 29.2 Å². The van der Waals surface area contributed by atoms with Crippen LogP contribution in [0.15, 0.2) is 65.1 Å². The summed E-state index contributed by atoms with van der Waals surface area (Å²) < 4.78 is 48.5. The number of rotatable bonds is 3. The average molecular weight is 476 g/mol. The zero-order chi connectivity index (χ0) is 21.3. The molecule has 1 aliphatic heterocycles. The molecule has 3 aromatic carbocycles. The molecule has 0 aromatic heterocycles. The van der Waals surface area contributed by atoms with Crippen LogP contribution >= 0.6 is 15.9 Å². The first-order chi connectivity index (χ1) is 14.5. The molecule has 1 aliphatic rings. The Hall–Kier alpha value is -2.80. The van der Waals surface area contributed by atoms with E-state index in [2.05, 4.69) is 15.9 Å². The lowest BCUT2D eigenvalue weighted by atomic mass is 9.91. The van der Waals surface area contributed by atoms with Crippen LogP contribution in [0, 0.1) is 17.5 Å². The second-order valence-electron chi connectivity index (χ2n) is 7.00. The van der Waals surface area contributed by atoms with Crippen molar-refractivity contribution in [2.75, 3.05) is 4.90 Å². The summed E-state index contributed by atoms with van der Waals surface area (Å²) in [6.07, 6.45) is -0.233. The van der Waals surface area contributed by atoms with Crippen LogP contribution in [0.4, 0.5) is 23.7 Å². The van der Waals surface area contributed by atoms with E-state index < -0.39 is 29.6 Å². The van der Waals surface area contributed by atoms with E-state index in [1.54, 1.807) is 12.1 Å². The van der Waals surface area contributed by atoms with Gasteiger partial charge in [0.15, 0.2) is 0 Å². The van der Waals surface area contributed by atoms with E-state index in [0.29, 0.717) is 12.0 Å². The Morgan fingerprint density at radius 1 is 1.07 bits per heavy atom. The fourth-order valence-corrected chi connectivity index (χ4v) is 4.14. The number of halogens is 4. The van der Waals surface area contributed by atoms with Crippen molar-refractivity contribution in [1.82, 2.24) is 0 Å². The molecule has 1 amide bonds. The molecule has 3 nitrogen and oxygen atoms in total. The fourth-order valence-electron chi connectivity index (χ4n) is 3.70. The SMILES string of the molecule is O=C(OCc1ccccc1)N1c2c(F)cc(Br)c(F)c2CCC1c1ccc(F)cc1. The van der Waals surface area contributed by atoms with E-state index in [9.17, 15) is 18.0 Å². The van der Waals surface area contributed by atoms with Crippen molar-refractivity contribution < 1.29 is 22.7 Å². The minimum Gasteiger partial charge on any atom is -0.444 e. The minimum atomic E-state index is -0.797. The predicted octanol–water partition coefficient (Wildman–Crippen LogP) is 6.70. The van der Waals surface area contributed by atoms with Crippen molar-refractivity contribution in [3.63, 3.8) is 0 Å². The molecule has 0 spiro atoms. The van der Waals surface area contributed by atoms with Crippen LogP contribution in [0.25, 0.3) is 0 Å². The number of carbonyl (C=O) groups excluding carboxylic acids is 1. The molecule has 1 atom stereocenters. The summed E-state index contributed by atoms with van der Waals surface area (Å²) in [5, 5.41) is 0. The third kappa shape index (κ3) is 3.94. The molecule has 154 valence electrons. The van der Waals surface area contributed by atoms with Crippen LogP contribution in [-0.2, 0) is 17.8 Å². The van der Waals surface area contributed by atoms with E-state index in [4.69, 9.17) is 4.74 Å². The smallest absolute Gasteiger partial charge is 0.415 e. The van der Waals surface area contributed by atoms with Gasteiger partial charge in [0.1, 0.15) is 24.1 Å². The van der Waals surface area contributed by atoms with Gasteiger partial charge < -0.3 is 4.74 Å². The molecule has 0 aliphatic carbocycles.